The predicted molar refractivity (Wildman–Crippen MR) is 54.6 cm³/mol. The van der Waals surface area contributed by atoms with E-state index in [2.05, 4.69) is 5.32 Å². The largest absolute Gasteiger partial charge is 0.321 e. The Labute approximate surface area is 87.3 Å². The number of benzene rings is 1. The molecule has 0 aliphatic rings. The fourth-order valence-electron chi connectivity index (χ4n) is 1.20. The van der Waals surface area contributed by atoms with Crippen LogP contribution in [0.1, 0.15) is 25.3 Å². The molecule has 0 atom stereocenters. The molecule has 2 nitrogen and oxygen atoms in total. The van der Waals surface area contributed by atoms with Crippen LogP contribution in [0.25, 0.3) is 0 Å². The minimum atomic E-state index is -0.748. The smallest absolute Gasteiger partial charge is 0.224 e. The summed E-state index contributed by atoms with van der Waals surface area (Å²) < 4.78 is 26.6. The van der Waals surface area contributed by atoms with Gasteiger partial charge < -0.3 is 5.32 Å². The molecular weight excluding hydrogens is 200 g/mol. The molecule has 0 bridgehead atoms. The molecule has 0 saturated heterocycles. The molecule has 4 heteroatoms. The van der Waals surface area contributed by atoms with Crippen LogP contribution in [0.2, 0.25) is 0 Å². The van der Waals surface area contributed by atoms with Gasteiger partial charge in [-0.1, -0.05) is 13.0 Å². The number of hydrogen-bond donors (Lipinski definition) is 1. The molecular formula is C11H13F2NO. The minimum absolute atomic E-state index is 0.257. The summed E-state index contributed by atoms with van der Waals surface area (Å²) in [5.74, 6) is -1.83. The lowest BCUT2D eigenvalue weighted by Crippen LogP contribution is -2.13. The van der Waals surface area contributed by atoms with Crippen LogP contribution in [-0.2, 0) is 4.79 Å². The van der Waals surface area contributed by atoms with E-state index in [1.165, 1.54) is 13.0 Å². The van der Waals surface area contributed by atoms with Gasteiger partial charge in [0.2, 0.25) is 5.91 Å². The molecule has 0 unspecified atom stereocenters. The summed E-state index contributed by atoms with van der Waals surface area (Å²) in [6.45, 7) is 3.34. The highest BCUT2D eigenvalue weighted by Gasteiger charge is 2.13. The standard InChI is InChI=1S/C11H13F2NO/c1-3-4-9(15)14-11-8(12)6-5-7(2)10(11)13/h5-6H,3-4H2,1-2H3,(H,14,15). The maximum absolute atomic E-state index is 13.4. The summed E-state index contributed by atoms with van der Waals surface area (Å²) >= 11 is 0. The molecule has 0 aliphatic carbocycles. The Bertz CT molecular complexity index is 377. The summed E-state index contributed by atoms with van der Waals surface area (Å²) in [4.78, 5) is 11.2. The molecule has 0 fully saturated rings. The number of amides is 1. The van der Waals surface area contributed by atoms with Crippen molar-refractivity contribution in [3.8, 4) is 0 Å². The van der Waals surface area contributed by atoms with Crippen LogP contribution in [0.4, 0.5) is 14.5 Å². The third kappa shape index (κ3) is 2.75. The Morgan fingerprint density at radius 1 is 1.40 bits per heavy atom. The molecule has 0 spiro atoms. The summed E-state index contributed by atoms with van der Waals surface area (Å²) in [6.07, 6.45) is 0.897. The molecule has 82 valence electrons. The van der Waals surface area contributed by atoms with Gasteiger partial charge in [-0.3, -0.25) is 4.79 Å². The molecule has 1 N–H and O–H groups in total. The van der Waals surface area contributed by atoms with Crippen molar-refractivity contribution in [2.75, 3.05) is 5.32 Å². The van der Waals surface area contributed by atoms with Crippen molar-refractivity contribution in [2.24, 2.45) is 0 Å². The van der Waals surface area contributed by atoms with Crippen molar-refractivity contribution >= 4 is 11.6 Å². The van der Waals surface area contributed by atoms with Gasteiger partial charge in [-0.25, -0.2) is 8.78 Å². The first-order valence-corrected chi connectivity index (χ1v) is 4.80. The zero-order valence-electron chi connectivity index (χ0n) is 8.73. The number of hydrogen-bond acceptors (Lipinski definition) is 1. The molecule has 1 rings (SSSR count). The topological polar surface area (TPSA) is 29.1 Å². The second-order valence-electron chi connectivity index (χ2n) is 3.35. The number of carbonyl (C=O) groups excluding carboxylic acids is 1. The highest BCUT2D eigenvalue weighted by Crippen LogP contribution is 2.21. The van der Waals surface area contributed by atoms with Crippen molar-refractivity contribution in [1.82, 2.24) is 0 Å². The minimum Gasteiger partial charge on any atom is -0.321 e. The lowest BCUT2D eigenvalue weighted by molar-refractivity contribution is -0.116. The number of anilines is 1. The van der Waals surface area contributed by atoms with Gasteiger partial charge in [0.15, 0.2) is 5.82 Å². The zero-order valence-corrected chi connectivity index (χ0v) is 8.73. The van der Waals surface area contributed by atoms with Crippen LogP contribution < -0.4 is 5.32 Å². The molecule has 1 aromatic carbocycles. The van der Waals surface area contributed by atoms with Crippen molar-refractivity contribution in [3.63, 3.8) is 0 Å². The van der Waals surface area contributed by atoms with E-state index in [0.29, 0.717) is 12.0 Å². The van der Waals surface area contributed by atoms with Gasteiger partial charge in [0.05, 0.1) is 0 Å². The van der Waals surface area contributed by atoms with Crippen LogP contribution in [0, 0.1) is 18.6 Å². The van der Waals surface area contributed by atoms with Crippen molar-refractivity contribution in [1.29, 1.82) is 0 Å². The molecule has 0 heterocycles. The number of carbonyl (C=O) groups is 1. The van der Waals surface area contributed by atoms with Crippen molar-refractivity contribution in [3.05, 3.63) is 29.3 Å². The van der Waals surface area contributed by atoms with Crippen LogP contribution in [0.5, 0.6) is 0 Å². The number of aryl methyl sites for hydroxylation is 1. The Balaban J connectivity index is 2.93. The lowest BCUT2D eigenvalue weighted by atomic mass is 10.2. The quantitative estimate of drug-likeness (QED) is 0.821. The zero-order chi connectivity index (χ0) is 11.4. The first-order chi connectivity index (χ1) is 7.06. The average Bonchev–Trinajstić information content (AvgIpc) is 2.19. The van der Waals surface area contributed by atoms with Gasteiger partial charge in [-0.2, -0.15) is 0 Å². The molecule has 0 aromatic heterocycles. The molecule has 1 aromatic rings. The van der Waals surface area contributed by atoms with Gasteiger partial charge in [-0.15, -0.1) is 0 Å². The van der Waals surface area contributed by atoms with E-state index in [9.17, 15) is 13.6 Å². The first kappa shape index (κ1) is 11.6. The van der Waals surface area contributed by atoms with Gasteiger partial charge in [-0.05, 0) is 25.0 Å². The normalized spacial score (nSPS) is 10.1. The summed E-state index contributed by atoms with van der Waals surface area (Å²) in [5.41, 5.74) is -0.0448. The van der Waals surface area contributed by atoms with Crippen molar-refractivity contribution < 1.29 is 13.6 Å². The third-order valence-corrected chi connectivity index (χ3v) is 2.03. The van der Waals surface area contributed by atoms with E-state index in [4.69, 9.17) is 0 Å². The maximum Gasteiger partial charge on any atom is 0.224 e. The SMILES string of the molecule is CCCC(=O)Nc1c(F)ccc(C)c1F. The number of nitrogens with one attached hydrogen (secondary N) is 1. The Kier molecular flexibility index (Phi) is 3.77. The fraction of sp³-hybridized carbons (Fsp3) is 0.364. The van der Waals surface area contributed by atoms with Crippen LogP contribution >= 0.6 is 0 Å². The Morgan fingerprint density at radius 3 is 2.67 bits per heavy atom. The van der Waals surface area contributed by atoms with Crippen LogP contribution in [0.3, 0.4) is 0 Å². The van der Waals surface area contributed by atoms with E-state index in [0.717, 1.165) is 6.07 Å². The van der Waals surface area contributed by atoms with E-state index in [1.807, 2.05) is 6.92 Å². The monoisotopic (exact) mass is 213 g/mol. The van der Waals surface area contributed by atoms with Crippen LogP contribution in [-0.4, -0.2) is 5.91 Å². The molecule has 0 saturated carbocycles. The predicted octanol–water partition coefficient (Wildman–Crippen LogP) is 3.01. The van der Waals surface area contributed by atoms with Crippen molar-refractivity contribution in [2.45, 2.75) is 26.7 Å². The third-order valence-electron chi connectivity index (χ3n) is 2.03. The van der Waals surface area contributed by atoms with E-state index < -0.39 is 11.6 Å². The van der Waals surface area contributed by atoms with Gasteiger partial charge in [0.25, 0.3) is 0 Å². The Morgan fingerprint density at radius 2 is 2.07 bits per heavy atom. The van der Waals surface area contributed by atoms with E-state index in [1.54, 1.807) is 0 Å². The van der Waals surface area contributed by atoms with Gasteiger partial charge in [0.1, 0.15) is 11.5 Å². The highest BCUT2D eigenvalue weighted by atomic mass is 19.1. The summed E-state index contributed by atoms with van der Waals surface area (Å²) in [6, 6.07) is 2.47. The van der Waals surface area contributed by atoms with Gasteiger partial charge >= 0.3 is 0 Å². The molecule has 0 aliphatic heterocycles. The van der Waals surface area contributed by atoms with Gasteiger partial charge in [0, 0.05) is 6.42 Å². The summed E-state index contributed by atoms with van der Waals surface area (Å²) in [7, 11) is 0. The number of halogens is 2. The van der Waals surface area contributed by atoms with E-state index >= 15 is 0 Å². The highest BCUT2D eigenvalue weighted by molar-refractivity contribution is 5.91. The molecule has 15 heavy (non-hydrogen) atoms. The lowest BCUT2D eigenvalue weighted by Gasteiger charge is -2.08. The average molecular weight is 213 g/mol. The fourth-order valence-corrected chi connectivity index (χ4v) is 1.20. The van der Waals surface area contributed by atoms with E-state index in [-0.39, 0.29) is 18.0 Å². The number of rotatable bonds is 3. The summed E-state index contributed by atoms with van der Waals surface area (Å²) in [5, 5.41) is 2.23. The maximum atomic E-state index is 13.4. The second-order valence-corrected chi connectivity index (χ2v) is 3.35. The molecule has 1 amide bonds. The first-order valence-electron chi connectivity index (χ1n) is 4.80. The second kappa shape index (κ2) is 4.87. The van der Waals surface area contributed by atoms with Crippen LogP contribution in [0.15, 0.2) is 12.1 Å². The Hall–Kier alpha value is -1.45. The molecule has 0 radical (unpaired) electrons.